The molecule has 0 heteroatoms. The van der Waals surface area contributed by atoms with Crippen LogP contribution in [0.3, 0.4) is 0 Å². The minimum absolute atomic E-state index is 1.24. The molecular weight excluding hydrogens is 372 g/mol. The molecule has 5 aromatic carbocycles. The molecule has 0 unspecified atom stereocenters. The Bertz CT molecular complexity index is 1210. The first-order valence-corrected chi connectivity index (χ1v) is 10.7. The maximum absolute atomic E-state index is 2.29. The monoisotopic (exact) mass is 396 g/mol. The topological polar surface area (TPSA) is 0 Å². The van der Waals surface area contributed by atoms with Gasteiger partial charge in [-0.05, 0) is 69.1 Å². The fourth-order valence-corrected chi connectivity index (χ4v) is 4.25. The summed E-state index contributed by atoms with van der Waals surface area (Å²) < 4.78 is 0. The molecule has 0 aliphatic carbocycles. The number of rotatable bonds is 4. The van der Waals surface area contributed by atoms with Crippen molar-refractivity contribution in [2.24, 2.45) is 0 Å². The van der Waals surface area contributed by atoms with E-state index in [-0.39, 0.29) is 0 Å². The minimum Gasteiger partial charge on any atom is -0.0622 e. The molecule has 0 atom stereocenters. The quantitative estimate of drug-likeness (QED) is 0.285. The first-order chi connectivity index (χ1) is 15.3. The van der Waals surface area contributed by atoms with Crippen molar-refractivity contribution >= 4 is 0 Å². The van der Waals surface area contributed by atoms with Crippen molar-refractivity contribution in [1.82, 2.24) is 0 Å². The molecule has 0 fully saturated rings. The molecule has 31 heavy (non-hydrogen) atoms. The van der Waals surface area contributed by atoms with Gasteiger partial charge in [0, 0.05) is 0 Å². The van der Waals surface area contributed by atoms with Gasteiger partial charge in [0.1, 0.15) is 0 Å². The van der Waals surface area contributed by atoms with Crippen molar-refractivity contribution in [1.29, 1.82) is 0 Å². The molecule has 0 aliphatic rings. The lowest BCUT2D eigenvalue weighted by Gasteiger charge is -2.14. The van der Waals surface area contributed by atoms with Gasteiger partial charge in [0.25, 0.3) is 0 Å². The third-order valence-electron chi connectivity index (χ3n) is 5.90. The van der Waals surface area contributed by atoms with Gasteiger partial charge in [-0.3, -0.25) is 0 Å². The summed E-state index contributed by atoms with van der Waals surface area (Å²) in [5.74, 6) is 0. The second-order valence-electron chi connectivity index (χ2n) is 7.87. The lowest BCUT2D eigenvalue weighted by molar-refractivity contribution is 1.44. The van der Waals surface area contributed by atoms with Crippen molar-refractivity contribution in [2.75, 3.05) is 0 Å². The molecule has 0 saturated carbocycles. The first-order valence-electron chi connectivity index (χ1n) is 10.7. The number of hydrogen-bond acceptors (Lipinski definition) is 0. The van der Waals surface area contributed by atoms with Crippen LogP contribution in [0.25, 0.3) is 44.5 Å². The van der Waals surface area contributed by atoms with Gasteiger partial charge in [0.05, 0.1) is 0 Å². The van der Waals surface area contributed by atoms with Crippen LogP contribution in [0.15, 0.2) is 127 Å². The Morgan fingerprint density at radius 1 is 0.323 bits per heavy atom. The van der Waals surface area contributed by atoms with Crippen LogP contribution in [0.2, 0.25) is 0 Å². The van der Waals surface area contributed by atoms with E-state index in [0.717, 1.165) is 0 Å². The van der Waals surface area contributed by atoms with Crippen LogP contribution < -0.4 is 0 Å². The van der Waals surface area contributed by atoms with Crippen LogP contribution in [-0.2, 0) is 0 Å². The van der Waals surface area contributed by atoms with Gasteiger partial charge in [0.15, 0.2) is 0 Å². The third-order valence-corrected chi connectivity index (χ3v) is 5.90. The maximum Gasteiger partial charge on any atom is -0.0148 e. The van der Waals surface area contributed by atoms with Crippen LogP contribution in [0.4, 0.5) is 0 Å². The molecule has 0 spiro atoms. The fraction of sp³-hybridized carbons (Fsp3) is 0.0323. The molecule has 0 bridgehead atoms. The summed E-state index contributed by atoms with van der Waals surface area (Å²) in [6.07, 6.45) is 0. The Morgan fingerprint density at radius 2 is 0.677 bits per heavy atom. The Labute approximate surface area is 184 Å². The van der Waals surface area contributed by atoms with Crippen molar-refractivity contribution in [3.63, 3.8) is 0 Å². The highest BCUT2D eigenvalue weighted by Crippen LogP contribution is 2.35. The van der Waals surface area contributed by atoms with Crippen molar-refractivity contribution in [2.45, 2.75) is 6.92 Å². The Kier molecular flexibility index (Phi) is 5.21. The van der Waals surface area contributed by atoms with E-state index in [1.54, 1.807) is 0 Å². The molecule has 0 saturated heterocycles. The van der Waals surface area contributed by atoms with E-state index in [2.05, 4.69) is 134 Å². The molecule has 5 rings (SSSR count). The summed E-state index contributed by atoms with van der Waals surface area (Å²) in [6.45, 7) is 2.23. The molecule has 5 aromatic rings. The number of benzene rings is 5. The van der Waals surface area contributed by atoms with Gasteiger partial charge in [0.2, 0.25) is 0 Å². The predicted octanol–water partition coefficient (Wildman–Crippen LogP) is 8.66. The molecular formula is C31H24. The second-order valence-corrected chi connectivity index (χ2v) is 7.87. The van der Waals surface area contributed by atoms with Gasteiger partial charge < -0.3 is 0 Å². The van der Waals surface area contributed by atoms with Crippen LogP contribution in [0.1, 0.15) is 5.56 Å². The predicted molar refractivity (Wildman–Crippen MR) is 133 cm³/mol. The minimum atomic E-state index is 1.24. The standard InChI is InChI=1S/C31H24/c1-23-30(28-17-8-15-26(21-28)24-11-4-2-5-12-24)19-10-20-31(23)29-18-9-16-27(22-29)25-13-6-3-7-14-25/h2-22H,1H3. The highest BCUT2D eigenvalue weighted by atomic mass is 14.1. The zero-order chi connectivity index (χ0) is 21.0. The molecule has 0 heterocycles. The van der Waals surface area contributed by atoms with Crippen molar-refractivity contribution in [3.05, 3.63) is 133 Å². The van der Waals surface area contributed by atoms with Crippen LogP contribution in [0.5, 0.6) is 0 Å². The van der Waals surface area contributed by atoms with Crippen LogP contribution in [-0.4, -0.2) is 0 Å². The van der Waals surface area contributed by atoms with E-state index in [4.69, 9.17) is 0 Å². The normalized spacial score (nSPS) is 10.7. The van der Waals surface area contributed by atoms with Gasteiger partial charge in [-0.2, -0.15) is 0 Å². The van der Waals surface area contributed by atoms with Gasteiger partial charge in [-0.15, -0.1) is 0 Å². The van der Waals surface area contributed by atoms with Crippen LogP contribution in [0, 0.1) is 6.92 Å². The average Bonchev–Trinajstić information content (AvgIpc) is 2.85. The fourth-order valence-electron chi connectivity index (χ4n) is 4.25. The van der Waals surface area contributed by atoms with Gasteiger partial charge in [-0.25, -0.2) is 0 Å². The van der Waals surface area contributed by atoms with E-state index >= 15 is 0 Å². The van der Waals surface area contributed by atoms with E-state index < -0.39 is 0 Å². The second kappa shape index (κ2) is 8.45. The first kappa shape index (κ1) is 19.1. The summed E-state index contributed by atoms with van der Waals surface area (Å²) in [7, 11) is 0. The smallest absolute Gasteiger partial charge is 0.0148 e. The Hall–Kier alpha value is -3.90. The van der Waals surface area contributed by atoms with Crippen molar-refractivity contribution in [3.8, 4) is 44.5 Å². The molecule has 0 amide bonds. The van der Waals surface area contributed by atoms with E-state index in [1.165, 1.54) is 50.1 Å². The van der Waals surface area contributed by atoms with Crippen molar-refractivity contribution < 1.29 is 0 Å². The molecule has 0 nitrogen and oxygen atoms in total. The summed E-state index contributed by atoms with van der Waals surface area (Å²) in [5, 5.41) is 0. The zero-order valence-corrected chi connectivity index (χ0v) is 17.6. The van der Waals surface area contributed by atoms with Gasteiger partial charge in [-0.1, -0.05) is 115 Å². The lowest BCUT2D eigenvalue weighted by atomic mass is 9.90. The zero-order valence-electron chi connectivity index (χ0n) is 17.6. The SMILES string of the molecule is Cc1c(-c2cccc(-c3ccccc3)c2)cccc1-c1cccc(-c2ccccc2)c1. The molecule has 0 aromatic heterocycles. The molecule has 0 aliphatic heterocycles. The largest absolute Gasteiger partial charge is 0.0622 e. The molecule has 148 valence electrons. The highest BCUT2D eigenvalue weighted by molar-refractivity contribution is 5.82. The van der Waals surface area contributed by atoms with E-state index in [9.17, 15) is 0 Å². The van der Waals surface area contributed by atoms with Crippen LogP contribution >= 0.6 is 0 Å². The maximum atomic E-state index is 2.29. The summed E-state index contributed by atoms with van der Waals surface area (Å²) in [4.78, 5) is 0. The Balaban J connectivity index is 1.57. The Morgan fingerprint density at radius 3 is 1.13 bits per heavy atom. The lowest BCUT2D eigenvalue weighted by Crippen LogP contribution is -1.90. The summed E-state index contributed by atoms with van der Waals surface area (Å²) >= 11 is 0. The molecule has 0 radical (unpaired) electrons. The van der Waals surface area contributed by atoms with Gasteiger partial charge >= 0.3 is 0 Å². The van der Waals surface area contributed by atoms with E-state index in [1.807, 2.05) is 0 Å². The van der Waals surface area contributed by atoms with E-state index in [0.29, 0.717) is 0 Å². The molecule has 0 N–H and O–H groups in total. The third kappa shape index (κ3) is 3.93. The summed E-state index contributed by atoms with van der Waals surface area (Å²) in [6, 6.07) is 45.4. The average molecular weight is 397 g/mol. The highest BCUT2D eigenvalue weighted by Gasteiger charge is 2.10. The summed E-state index contributed by atoms with van der Waals surface area (Å²) in [5.41, 5.74) is 11.3. The number of hydrogen-bond donors (Lipinski definition) is 0.